The van der Waals surface area contributed by atoms with Gasteiger partial charge in [-0.05, 0) is 12.8 Å². The Hall–Kier alpha value is -3.01. The van der Waals surface area contributed by atoms with Crippen LogP contribution in [0.3, 0.4) is 0 Å². The van der Waals surface area contributed by atoms with Gasteiger partial charge in [0.05, 0.1) is 30.8 Å². The number of amides is 2. The summed E-state index contributed by atoms with van der Waals surface area (Å²) in [6, 6.07) is 1.67. The van der Waals surface area contributed by atoms with Gasteiger partial charge in [0.25, 0.3) is 5.91 Å². The number of nitrogens with one attached hydrogen (secondary N) is 3. The smallest absolute Gasteiger partial charge is 0.254 e. The fourth-order valence-corrected chi connectivity index (χ4v) is 5.28. The van der Waals surface area contributed by atoms with Crippen molar-refractivity contribution in [2.24, 2.45) is 11.3 Å². The number of rotatable bonds is 7. The van der Waals surface area contributed by atoms with E-state index in [0.29, 0.717) is 33.9 Å². The van der Waals surface area contributed by atoms with Crippen molar-refractivity contribution in [3.8, 4) is 5.75 Å². The first-order valence-corrected chi connectivity index (χ1v) is 11.8. The lowest BCUT2D eigenvalue weighted by Gasteiger charge is -2.56. The van der Waals surface area contributed by atoms with Crippen LogP contribution < -0.4 is 25.6 Å². The standard InChI is InChI=1S/C22H26N6O3S/c1-23-21(30)14-6-25-18(27-20(29)13-3-4-13)5-15(14)26-16-7-24-8-17(19(16)31-2)28-9-22(10-28)11-32-12-22/h5-8,13H,3-4,9-12H2,1-2H3,(H,23,30)(H2,25,26,27,29). The van der Waals surface area contributed by atoms with Crippen LogP contribution in [0, 0.1) is 11.3 Å². The molecule has 2 aromatic rings. The molecule has 1 aliphatic carbocycles. The number of anilines is 4. The third-order valence-electron chi connectivity index (χ3n) is 6.14. The summed E-state index contributed by atoms with van der Waals surface area (Å²) in [4.78, 5) is 35.6. The van der Waals surface area contributed by atoms with Crippen molar-refractivity contribution in [2.75, 3.05) is 54.3 Å². The van der Waals surface area contributed by atoms with Crippen molar-refractivity contribution in [1.82, 2.24) is 15.3 Å². The number of carbonyl (C=O) groups is 2. The van der Waals surface area contributed by atoms with Crippen molar-refractivity contribution in [1.29, 1.82) is 0 Å². The van der Waals surface area contributed by atoms with E-state index in [1.165, 1.54) is 17.7 Å². The van der Waals surface area contributed by atoms with Gasteiger partial charge in [0.1, 0.15) is 17.2 Å². The second kappa shape index (κ2) is 8.16. The molecule has 2 saturated heterocycles. The van der Waals surface area contributed by atoms with Crippen molar-refractivity contribution < 1.29 is 14.3 Å². The van der Waals surface area contributed by atoms with E-state index < -0.39 is 0 Å². The van der Waals surface area contributed by atoms with Gasteiger partial charge in [-0.25, -0.2) is 4.98 Å². The maximum absolute atomic E-state index is 12.4. The second-order valence-corrected chi connectivity index (χ2v) is 9.66. The first-order valence-electron chi connectivity index (χ1n) is 10.7. The predicted octanol–water partition coefficient (Wildman–Crippen LogP) is 2.49. The molecular formula is C22H26N6O3S. The van der Waals surface area contributed by atoms with Gasteiger partial charge in [-0.15, -0.1) is 0 Å². The molecule has 1 spiro atoms. The molecule has 0 bridgehead atoms. The number of hydrogen-bond acceptors (Lipinski definition) is 8. The van der Waals surface area contributed by atoms with E-state index in [1.807, 2.05) is 18.0 Å². The summed E-state index contributed by atoms with van der Waals surface area (Å²) >= 11 is 1.99. The van der Waals surface area contributed by atoms with Gasteiger partial charge >= 0.3 is 0 Å². The molecule has 3 N–H and O–H groups in total. The van der Waals surface area contributed by atoms with Crippen LogP contribution in [0.15, 0.2) is 24.7 Å². The van der Waals surface area contributed by atoms with Gasteiger partial charge in [-0.1, -0.05) is 0 Å². The normalized spacial score (nSPS) is 18.4. The molecule has 5 rings (SSSR count). The number of pyridine rings is 2. The third kappa shape index (κ3) is 3.83. The Morgan fingerprint density at radius 3 is 2.59 bits per heavy atom. The summed E-state index contributed by atoms with van der Waals surface area (Å²) in [5.41, 5.74) is 2.88. The Morgan fingerprint density at radius 2 is 1.97 bits per heavy atom. The Labute approximate surface area is 190 Å². The molecule has 1 saturated carbocycles. The molecule has 0 unspecified atom stereocenters. The van der Waals surface area contributed by atoms with Gasteiger partial charge < -0.3 is 25.6 Å². The fraction of sp³-hybridized carbons (Fsp3) is 0.455. The highest BCUT2D eigenvalue weighted by molar-refractivity contribution is 8.00. The Kier molecular flexibility index (Phi) is 5.32. The second-order valence-electron chi connectivity index (χ2n) is 8.67. The molecule has 4 heterocycles. The van der Waals surface area contributed by atoms with Crippen LogP contribution in [0.2, 0.25) is 0 Å². The number of aromatic nitrogens is 2. The van der Waals surface area contributed by atoms with Gasteiger partial charge in [-0.3, -0.25) is 14.6 Å². The quantitative estimate of drug-likeness (QED) is 0.586. The van der Waals surface area contributed by atoms with E-state index in [1.54, 1.807) is 26.4 Å². The average molecular weight is 455 g/mol. The SMILES string of the molecule is CNC(=O)c1cnc(NC(=O)C2CC2)cc1Nc1cncc(N2CC3(CSC3)C2)c1OC. The topological polar surface area (TPSA) is 108 Å². The highest BCUT2D eigenvalue weighted by atomic mass is 32.2. The van der Waals surface area contributed by atoms with E-state index in [9.17, 15) is 9.59 Å². The van der Waals surface area contributed by atoms with Crippen LogP contribution in [0.5, 0.6) is 5.75 Å². The highest BCUT2D eigenvalue weighted by Gasteiger charge is 2.49. The summed E-state index contributed by atoms with van der Waals surface area (Å²) in [6.45, 7) is 2.00. The molecule has 0 radical (unpaired) electrons. The molecule has 3 fully saturated rings. The first kappa shape index (κ1) is 20.9. The van der Waals surface area contributed by atoms with Crippen LogP contribution in [0.25, 0.3) is 0 Å². The molecule has 2 amide bonds. The minimum atomic E-state index is -0.282. The highest BCUT2D eigenvalue weighted by Crippen LogP contribution is 2.49. The maximum atomic E-state index is 12.4. The molecule has 0 aromatic carbocycles. The molecule has 32 heavy (non-hydrogen) atoms. The number of thioether (sulfide) groups is 1. The van der Waals surface area contributed by atoms with Crippen molar-refractivity contribution in [3.05, 3.63) is 30.2 Å². The van der Waals surface area contributed by atoms with E-state index in [0.717, 1.165) is 31.6 Å². The lowest BCUT2D eigenvalue weighted by Crippen LogP contribution is -2.63. The van der Waals surface area contributed by atoms with Crippen LogP contribution >= 0.6 is 11.8 Å². The van der Waals surface area contributed by atoms with Crippen molar-refractivity contribution in [2.45, 2.75) is 12.8 Å². The van der Waals surface area contributed by atoms with E-state index >= 15 is 0 Å². The summed E-state index contributed by atoms with van der Waals surface area (Å²) < 4.78 is 5.75. The largest absolute Gasteiger partial charge is 0.492 e. The summed E-state index contributed by atoms with van der Waals surface area (Å²) in [5.74, 6) is 3.21. The fourth-order valence-electron chi connectivity index (χ4n) is 4.14. The summed E-state index contributed by atoms with van der Waals surface area (Å²) in [7, 11) is 3.20. The lowest BCUT2D eigenvalue weighted by molar-refractivity contribution is -0.117. The van der Waals surface area contributed by atoms with Crippen LogP contribution in [0.4, 0.5) is 22.9 Å². The van der Waals surface area contributed by atoms with Gasteiger partial charge in [0.2, 0.25) is 5.91 Å². The molecular weight excluding hydrogens is 428 g/mol. The van der Waals surface area contributed by atoms with Crippen molar-refractivity contribution >= 4 is 46.5 Å². The average Bonchev–Trinajstić information content (AvgIpc) is 3.57. The molecule has 2 aliphatic heterocycles. The van der Waals surface area contributed by atoms with Crippen LogP contribution in [0.1, 0.15) is 23.2 Å². The van der Waals surface area contributed by atoms with Gasteiger partial charge in [0.15, 0.2) is 5.75 Å². The molecule has 168 valence electrons. The molecule has 3 aliphatic rings. The molecule has 0 atom stereocenters. The van der Waals surface area contributed by atoms with Gasteiger partial charge in [-0.2, -0.15) is 11.8 Å². The summed E-state index contributed by atoms with van der Waals surface area (Å²) in [6.07, 6.45) is 6.75. The number of nitrogens with zero attached hydrogens (tertiary/aromatic N) is 3. The number of hydrogen-bond donors (Lipinski definition) is 3. The third-order valence-corrected chi connectivity index (χ3v) is 7.77. The molecule has 9 nitrogen and oxygen atoms in total. The lowest BCUT2D eigenvalue weighted by atomic mass is 9.82. The zero-order chi connectivity index (χ0) is 22.3. The Balaban J connectivity index is 1.43. The zero-order valence-electron chi connectivity index (χ0n) is 18.1. The maximum Gasteiger partial charge on any atom is 0.254 e. The van der Waals surface area contributed by atoms with Crippen LogP contribution in [-0.4, -0.2) is 60.5 Å². The number of carbonyl (C=O) groups excluding carboxylic acids is 2. The predicted molar refractivity (Wildman–Crippen MR) is 125 cm³/mol. The van der Waals surface area contributed by atoms with Crippen molar-refractivity contribution in [3.63, 3.8) is 0 Å². The zero-order valence-corrected chi connectivity index (χ0v) is 18.9. The van der Waals surface area contributed by atoms with E-state index in [2.05, 4.69) is 30.8 Å². The summed E-state index contributed by atoms with van der Waals surface area (Å²) in [5, 5.41) is 8.75. The number of methoxy groups -OCH3 is 1. The van der Waals surface area contributed by atoms with Crippen LogP contribution in [-0.2, 0) is 4.79 Å². The number of ether oxygens (including phenoxy) is 1. The van der Waals surface area contributed by atoms with E-state index in [-0.39, 0.29) is 17.7 Å². The Morgan fingerprint density at radius 1 is 1.19 bits per heavy atom. The molecule has 2 aromatic heterocycles. The first-order chi connectivity index (χ1) is 15.5. The van der Waals surface area contributed by atoms with E-state index in [4.69, 9.17) is 4.74 Å². The van der Waals surface area contributed by atoms with Gasteiger partial charge in [0, 0.05) is 55.2 Å². The minimum Gasteiger partial charge on any atom is -0.492 e. The minimum absolute atomic E-state index is 0.0433. The molecule has 10 heteroatoms. The Bertz CT molecular complexity index is 1060. The monoisotopic (exact) mass is 454 g/mol.